The summed E-state index contributed by atoms with van der Waals surface area (Å²) in [5.74, 6) is -1.10. The van der Waals surface area contributed by atoms with E-state index in [2.05, 4.69) is 4.98 Å². The third-order valence-corrected chi connectivity index (χ3v) is 2.73. The van der Waals surface area contributed by atoms with Gasteiger partial charge in [0.2, 0.25) is 0 Å². The van der Waals surface area contributed by atoms with Crippen LogP contribution in [0.5, 0.6) is 0 Å². The van der Waals surface area contributed by atoms with Gasteiger partial charge >= 0.3 is 5.97 Å². The second-order valence-corrected chi connectivity index (χ2v) is 4.03. The van der Waals surface area contributed by atoms with E-state index in [0.717, 1.165) is 0 Å². The Balaban J connectivity index is 2.84. The van der Waals surface area contributed by atoms with Crippen LogP contribution in [0.2, 0.25) is 0 Å². The van der Waals surface area contributed by atoms with Crippen molar-refractivity contribution >= 4 is 5.97 Å². The molecule has 94 valence electrons. The van der Waals surface area contributed by atoms with Gasteiger partial charge in [-0.2, -0.15) is 5.26 Å². The van der Waals surface area contributed by atoms with Gasteiger partial charge in [0.1, 0.15) is 11.6 Å². The number of H-pyrrole nitrogens is 1. The van der Waals surface area contributed by atoms with E-state index in [1.54, 1.807) is 31.2 Å². The molecule has 0 amide bonds. The monoisotopic (exact) mass is 254 g/mol. The number of nitriles is 1. The van der Waals surface area contributed by atoms with Crippen LogP contribution in [0.25, 0.3) is 11.1 Å². The smallest absolute Gasteiger partial charge is 0.336 e. The van der Waals surface area contributed by atoms with E-state index in [9.17, 15) is 9.59 Å². The van der Waals surface area contributed by atoms with E-state index in [0.29, 0.717) is 16.8 Å². The molecule has 0 radical (unpaired) electrons. The van der Waals surface area contributed by atoms with Crippen molar-refractivity contribution in [2.24, 2.45) is 0 Å². The van der Waals surface area contributed by atoms with Crippen molar-refractivity contribution in [3.05, 3.63) is 57.5 Å². The number of pyridine rings is 1. The average Bonchev–Trinajstić information content (AvgIpc) is 2.37. The van der Waals surface area contributed by atoms with Crippen molar-refractivity contribution in [2.75, 3.05) is 0 Å². The Morgan fingerprint density at radius 2 is 2.00 bits per heavy atom. The maximum absolute atomic E-state index is 11.7. The number of aryl methyl sites for hydroxylation is 1. The lowest BCUT2D eigenvalue weighted by Gasteiger charge is -2.08. The van der Waals surface area contributed by atoms with Crippen molar-refractivity contribution in [1.82, 2.24) is 4.98 Å². The summed E-state index contributed by atoms with van der Waals surface area (Å²) in [7, 11) is 0. The fraction of sp³-hybridized carbons (Fsp3) is 0.0714. The van der Waals surface area contributed by atoms with E-state index in [-0.39, 0.29) is 11.1 Å². The Labute approximate surface area is 108 Å². The largest absolute Gasteiger partial charge is 0.478 e. The van der Waals surface area contributed by atoms with Crippen LogP contribution in [0.1, 0.15) is 21.6 Å². The molecule has 2 N–H and O–H groups in total. The van der Waals surface area contributed by atoms with Gasteiger partial charge in [-0.3, -0.25) is 4.79 Å². The lowest BCUT2D eigenvalue weighted by Crippen LogP contribution is -2.13. The van der Waals surface area contributed by atoms with Crippen molar-refractivity contribution in [3.63, 3.8) is 0 Å². The van der Waals surface area contributed by atoms with Gasteiger partial charge in [-0.05, 0) is 24.6 Å². The average molecular weight is 254 g/mol. The van der Waals surface area contributed by atoms with Gasteiger partial charge in [-0.1, -0.05) is 18.2 Å². The number of hydrogen-bond acceptors (Lipinski definition) is 3. The number of rotatable bonds is 2. The third-order valence-electron chi connectivity index (χ3n) is 2.73. The van der Waals surface area contributed by atoms with Crippen molar-refractivity contribution in [3.8, 4) is 17.2 Å². The van der Waals surface area contributed by atoms with Crippen LogP contribution in [-0.2, 0) is 0 Å². The lowest BCUT2D eigenvalue weighted by atomic mass is 9.96. The topological polar surface area (TPSA) is 93.9 Å². The fourth-order valence-corrected chi connectivity index (χ4v) is 1.92. The van der Waals surface area contributed by atoms with Gasteiger partial charge < -0.3 is 10.1 Å². The minimum absolute atomic E-state index is 0.0593. The summed E-state index contributed by atoms with van der Waals surface area (Å²) in [5.41, 5.74) is 0.725. The first kappa shape index (κ1) is 12.6. The normalized spacial score (nSPS) is 9.89. The predicted molar refractivity (Wildman–Crippen MR) is 68.9 cm³/mol. The molecule has 0 aliphatic carbocycles. The zero-order valence-electron chi connectivity index (χ0n) is 10.1. The first-order valence-corrected chi connectivity index (χ1v) is 5.51. The van der Waals surface area contributed by atoms with Crippen LogP contribution in [0, 0.1) is 18.3 Å². The Hall–Kier alpha value is -2.87. The number of carbonyl (C=O) groups is 1. The zero-order valence-corrected chi connectivity index (χ0v) is 10.1. The summed E-state index contributed by atoms with van der Waals surface area (Å²) in [6, 6.07) is 9.70. The molecule has 0 aliphatic heterocycles. The molecule has 19 heavy (non-hydrogen) atoms. The van der Waals surface area contributed by atoms with Gasteiger partial charge in [-0.25, -0.2) is 4.79 Å². The highest BCUT2D eigenvalue weighted by Gasteiger charge is 2.16. The molecular weight excluding hydrogens is 244 g/mol. The van der Waals surface area contributed by atoms with Crippen LogP contribution in [0.4, 0.5) is 0 Å². The van der Waals surface area contributed by atoms with Crippen molar-refractivity contribution < 1.29 is 9.90 Å². The molecule has 0 saturated heterocycles. The second-order valence-electron chi connectivity index (χ2n) is 4.03. The molecule has 0 aliphatic rings. The Morgan fingerprint density at radius 1 is 1.32 bits per heavy atom. The molecule has 2 aromatic rings. The maximum atomic E-state index is 11.7. The van der Waals surface area contributed by atoms with Gasteiger partial charge in [0, 0.05) is 11.3 Å². The predicted octanol–water partition coefficient (Wildman–Crippen LogP) is 1.92. The molecule has 0 unspecified atom stereocenters. The number of carboxylic acids is 1. The Kier molecular flexibility index (Phi) is 3.17. The molecule has 1 aromatic heterocycles. The number of hydrogen-bond donors (Lipinski definition) is 2. The number of nitrogens with one attached hydrogen (secondary N) is 1. The molecule has 5 nitrogen and oxygen atoms in total. The van der Waals surface area contributed by atoms with Crippen molar-refractivity contribution in [1.29, 1.82) is 5.26 Å². The molecule has 0 saturated carbocycles. The standard InChI is InChI=1S/C14H10N2O3/c1-8-6-11(12(7-15)13(17)16-8)9-4-2-3-5-10(9)14(18)19/h2-6H,1H3,(H,16,17)(H,18,19). The van der Waals surface area contributed by atoms with E-state index < -0.39 is 11.5 Å². The van der Waals surface area contributed by atoms with Gasteiger partial charge in [0.25, 0.3) is 5.56 Å². The molecule has 5 heteroatoms. The summed E-state index contributed by atoms with van der Waals surface area (Å²) in [5, 5.41) is 18.2. The van der Waals surface area contributed by atoms with Gasteiger partial charge in [-0.15, -0.1) is 0 Å². The maximum Gasteiger partial charge on any atom is 0.336 e. The SMILES string of the molecule is Cc1cc(-c2ccccc2C(=O)O)c(C#N)c(=O)[nH]1. The van der Waals surface area contributed by atoms with Crippen LogP contribution >= 0.6 is 0 Å². The Morgan fingerprint density at radius 3 is 2.63 bits per heavy atom. The summed E-state index contributed by atoms with van der Waals surface area (Å²) in [6.07, 6.45) is 0. The molecule has 0 bridgehead atoms. The van der Waals surface area contributed by atoms with Gasteiger partial charge in [0.15, 0.2) is 0 Å². The molecule has 0 fully saturated rings. The zero-order chi connectivity index (χ0) is 14.0. The molecule has 1 aromatic carbocycles. The third kappa shape index (κ3) is 2.24. The van der Waals surface area contributed by atoms with Crippen molar-refractivity contribution in [2.45, 2.75) is 6.92 Å². The second kappa shape index (κ2) is 4.78. The molecule has 2 rings (SSSR count). The highest BCUT2D eigenvalue weighted by Crippen LogP contribution is 2.25. The van der Waals surface area contributed by atoms with Crippen LogP contribution in [0.3, 0.4) is 0 Å². The van der Waals surface area contributed by atoms with E-state index in [1.807, 2.05) is 6.07 Å². The highest BCUT2D eigenvalue weighted by molar-refractivity contribution is 5.96. The van der Waals surface area contributed by atoms with E-state index in [4.69, 9.17) is 10.4 Å². The fourth-order valence-electron chi connectivity index (χ4n) is 1.92. The first-order valence-electron chi connectivity index (χ1n) is 5.51. The summed E-state index contributed by atoms with van der Waals surface area (Å²) >= 11 is 0. The molecule has 0 spiro atoms. The number of carboxylic acid groups (broad SMARTS) is 1. The molecule has 1 heterocycles. The molecule has 0 atom stereocenters. The minimum atomic E-state index is -1.10. The van der Waals surface area contributed by atoms with E-state index in [1.165, 1.54) is 6.07 Å². The summed E-state index contributed by atoms with van der Waals surface area (Å²) < 4.78 is 0. The summed E-state index contributed by atoms with van der Waals surface area (Å²) in [4.78, 5) is 25.4. The van der Waals surface area contributed by atoms with Crippen LogP contribution in [-0.4, -0.2) is 16.1 Å². The number of aromatic nitrogens is 1. The lowest BCUT2D eigenvalue weighted by molar-refractivity contribution is 0.0697. The quantitative estimate of drug-likeness (QED) is 0.856. The highest BCUT2D eigenvalue weighted by atomic mass is 16.4. The first-order chi connectivity index (χ1) is 9.04. The number of benzene rings is 1. The Bertz CT molecular complexity index is 754. The number of aromatic amines is 1. The van der Waals surface area contributed by atoms with E-state index >= 15 is 0 Å². The molecular formula is C14H10N2O3. The van der Waals surface area contributed by atoms with Gasteiger partial charge in [0.05, 0.1) is 5.56 Å². The summed E-state index contributed by atoms with van der Waals surface area (Å²) in [6.45, 7) is 1.68. The van der Waals surface area contributed by atoms with Crippen LogP contribution < -0.4 is 5.56 Å². The van der Waals surface area contributed by atoms with Crippen LogP contribution in [0.15, 0.2) is 35.1 Å². The number of nitrogens with zero attached hydrogens (tertiary/aromatic N) is 1. The number of aromatic carboxylic acids is 1. The minimum Gasteiger partial charge on any atom is -0.478 e.